The molecule has 0 bridgehead atoms. The number of pyridine rings is 1. The number of aryl methyl sites for hydroxylation is 1. The third-order valence-electron chi connectivity index (χ3n) is 3.01. The van der Waals surface area contributed by atoms with Crippen LogP contribution >= 0.6 is 0 Å². The Morgan fingerprint density at radius 2 is 1.94 bits per heavy atom. The molecule has 0 fully saturated rings. The molecule has 0 amide bonds. The average molecular weight is 225 g/mol. The van der Waals surface area contributed by atoms with Gasteiger partial charge in [-0.25, -0.2) is 0 Å². The molecule has 2 N–H and O–H groups in total. The van der Waals surface area contributed by atoms with Crippen LogP contribution in [-0.2, 0) is 6.42 Å². The second kappa shape index (κ2) is 4.45. The number of fused-ring (bicyclic) bond motifs is 1. The van der Waals surface area contributed by atoms with Crippen molar-refractivity contribution in [1.29, 1.82) is 0 Å². The van der Waals surface area contributed by atoms with Crippen LogP contribution in [0.4, 0.5) is 17.1 Å². The van der Waals surface area contributed by atoms with Gasteiger partial charge in [-0.05, 0) is 48.7 Å². The van der Waals surface area contributed by atoms with Crippen LogP contribution in [0.3, 0.4) is 0 Å². The Kier molecular flexibility index (Phi) is 2.66. The topological polar surface area (TPSA) is 37.0 Å². The molecule has 1 aromatic carbocycles. The highest BCUT2D eigenvalue weighted by molar-refractivity contribution is 5.65. The van der Waals surface area contributed by atoms with Gasteiger partial charge in [-0.2, -0.15) is 0 Å². The van der Waals surface area contributed by atoms with E-state index >= 15 is 0 Å². The molecule has 86 valence electrons. The highest BCUT2D eigenvalue weighted by atomic mass is 14.9. The quantitative estimate of drug-likeness (QED) is 0.824. The Balaban J connectivity index is 1.84. The molecule has 2 heterocycles. The summed E-state index contributed by atoms with van der Waals surface area (Å²) in [6.07, 6.45) is 5.96. The van der Waals surface area contributed by atoms with Crippen molar-refractivity contribution in [3.63, 3.8) is 0 Å². The molecule has 17 heavy (non-hydrogen) atoms. The van der Waals surface area contributed by atoms with Gasteiger partial charge in [-0.1, -0.05) is 0 Å². The molecule has 0 unspecified atom stereocenters. The number of benzene rings is 1. The molecule has 0 saturated carbocycles. The third-order valence-corrected chi connectivity index (χ3v) is 3.01. The number of nitrogens with one attached hydrogen (secondary N) is 2. The van der Waals surface area contributed by atoms with Crippen molar-refractivity contribution in [1.82, 2.24) is 4.98 Å². The second-order valence-corrected chi connectivity index (χ2v) is 4.26. The molecular weight excluding hydrogens is 210 g/mol. The summed E-state index contributed by atoms with van der Waals surface area (Å²) in [5.74, 6) is 0. The van der Waals surface area contributed by atoms with E-state index in [-0.39, 0.29) is 0 Å². The SMILES string of the molecule is c1cc(Nc2ccc3c(c2)CCCN3)ccn1. The number of rotatable bonds is 2. The summed E-state index contributed by atoms with van der Waals surface area (Å²) in [4.78, 5) is 4.01. The second-order valence-electron chi connectivity index (χ2n) is 4.26. The molecule has 0 radical (unpaired) electrons. The summed E-state index contributed by atoms with van der Waals surface area (Å²) in [6.45, 7) is 1.09. The van der Waals surface area contributed by atoms with Gasteiger partial charge in [0.05, 0.1) is 0 Å². The van der Waals surface area contributed by atoms with E-state index in [2.05, 4.69) is 33.8 Å². The van der Waals surface area contributed by atoms with E-state index in [1.54, 1.807) is 12.4 Å². The van der Waals surface area contributed by atoms with Crippen LogP contribution < -0.4 is 10.6 Å². The number of nitrogens with zero attached hydrogens (tertiary/aromatic N) is 1. The third kappa shape index (κ3) is 2.23. The highest BCUT2D eigenvalue weighted by Crippen LogP contribution is 2.26. The Labute approximate surface area is 101 Å². The lowest BCUT2D eigenvalue weighted by atomic mass is 10.0. The minimum atomic E-state index is 1.07. The molecule has 2 aromatic rings. The van der Waals surface area contributed by atoms with E-state index in [9.17, 15) is 0 Å². The molecule has 1 aliphatic heterocycles. The first-order valence-corrected chi connectivity index (χ1v) is 5.96. The molecule has 3 heteroatoms. The maximum absolute atomic E-state index is 4.01. The maximum atomic E-state index is 4.01. The van der Waals surface area contributed by atoms with E-state index in [1.165, 1.54) is 17.7 Å². The Morgan fingerprint density at radius 3 is 2.82 bits per heavy atom. The summed E-state index contributed by atoms with van der Waals surface area (Å²) in [6, 6.07) is 10.4. The molecule has 3 rings (SSSR count). The fourth-order valence-electron chi connectivity index (χ4n) is 2.15. The molecule has 0 saturated heterocycles. The molecule has 3 nitrogen and oxygen atoms in total. The normalized spacial score (nSPS) is 13.6. The molecule has 0 spiro atoms. The lowest BCUT2D eigenvalue weighted by Gasteiger charge is -2.19. The minimum absolute atomic E-state index is 1.07. The van der Waals surface area contributed by atoms with Crippen molar-refractivity contribution in [2.75, 3.05) is 17.2 Å². The number of aromatic nitrogens is 1. The van der Waals surface area contributed by atoms with Crippen molar-refractivity contribution in [3.8, 4) is 0 Å². The zero-order valence-electron chi connectivity index (χ0n) is 9.61. The lowest BCUT2D eigenvalue weighted by Crippen LogP contribution is -2.11. The first-order chi connectivity index (χ1) is 8.42. The van der Waals surface area contributed by atoms with Gasteiger partial charge in [0.2, 0.25) is 0 Å². The largest absolute Gasteiger partial charge is 0.385 e. The van der Waals surface area contributed by atoms with Crippen LogP contribution in [0.1, 0.15) is 12.0 Å². The molecule has 0 aliphatic carbocycles. The van der Waals surface area contributed by atoms with Crippen LogP contribution in [-0.4, -0.2) is 11.5 Å². The highest BCUT2D eigenvalue weighted by Gasteiger charge is 2.08. The van der Waals surface area contributed by atoms with Crippen LogP contribution in [0.15, 0.2) is 42.7 Å². The number of hydrogen-bond acceptors (Lipinski definition) is 3. The lowest BCUT2D eigenvalue weighted by molar-refractivity contribution is 0.830. The summed E-state index contributed by atoms with van der Waals surface area (Å²) < 4.78 is 0. The van der Waals surface area contributed by atoms with Gasteiger partial charge < -0.3 is 10.6 Å². The molecule has 1 aliphatic rings. The molecular formula is C14H15N3. The fourth-order valence-corrected chi connectivity index (χ4v) is 2.15. The van der Waals surface area contributed by atoms with Crippen LogP contribution in [0.5, 0.6) is 0 Å². The fraction of sp³-hybridized carbons (Fsp3) is 0.214. The Morgan fingerprint density at radius 1 is 1.06 bits per heavy atom. The summed E-state index contributed by atoms with van der Waals surface area (Å²) in [5.41, 5.74) is 4.88. The van der Waals surface area contributed by atoms with Gasteiger partial charge >= 0.3 is 0 Å². The Hall–Kier alpha value is -2.03. The van der Waals surface area contributed by atoms with E-state index in [4.69, 9.17) is 0 Å². The summed E-state index contributed by atoms with van der Waals surface area (Å²) in [5, 5.41) is 6.80. The standard InChI is InChI=1S/C14H15N3/c1-2-11-10-13(3-4-14(11)16-7-1)17-12-5-8-15-9-6-12/h3-6,8-10,16H,1-2,7H2,(H,15,17). The van der Waals surface area contributed by atoms with Crippen LogP contribution in [0, 0.1) is 0 Å². The summed E-state index contributed by atoms with van der Waals surface area (Å²) in [7, 11) is 0. The first kappa shape index (κ1) is 10.1. The van der Waals surface area contributed by atoms with Crippen molar-refractivity contribution in [2.45, 2.75) is 12.8 Å². The first-order valence-electron chi connectivity index (χ1n) is 5.96. The maximum Gasteiger partial charge on any atom is 0.0415 e. The predicted octanol–water partition coefficient (Wildman–Crippen LogP) is 3.18. The monoisotopic (exact) mass is 225 g/mol. The minimum Gasteiger partial charge on any atom is -0.385 e. The number of anilines is 3. The van der Waals surface area contributed by atoms with E-state index in [1.807, 2.05) is 12.1 Å². The zero-order valence-corrected chi connectivity index (χ0v) is 9.61. The van der Waals surface area contributed by atoms with Gasteiger partial charge in [0.1, 0.15) is 0 Å². The van der Waals surface area contributed by atoms with Gasteiger partial charge in [0, 0.05) is 36.0 Å². The van der Waals surface area contributed by atoms with Crippen molar-refractivity contribution >= 4 is 17.1 Å². The Bertz CT molecular complexity index is 508. The van der Waals surface area contributed by atoms with Crippen molar-refractivity contribution in [2.24, 2.45) is 0 Å². The van der Waals surface area contributed by atoms with Crippen LogP contribution in [0.25, 0.3) is 0 Å². The van der Waals surface area contributed by atoms with Crippen molar-refractivity contribution < 1.29 is 0 Å². The smallest absolute Gasteiger partial charge is 0.0415 e. The molecule has 1 aromatic heterocycles. The van der Waals surface area contributed by atoms with Crippen molar-refractivity contribution in [3.05, 3.63) is 48.3 Å². The van der Waals surface area contributed by atoms with E-state index in [0.717, 1.165) is 24.3 Å². The van der Waals surface area contributed by atoms with Crippen LogP contribution in [0.2, 0.25) is 0 Å². The predicted molar refractivity (Wildman–Crippen MR) is 70.8 cm³/mol. The van der Waals surface area contributed by atoms with E-state index in [0.29, 0.717) is 0 Å². The van der Waals surface area contributed by atoms with E-state index < -0.39 is 0 Å². The number of hydrogen-bond donors (Lipinski definition) is 2. The van der Waals surface area contributed by atoms with Gasteiger partial charge in [-0.3, -0.25) is 4.98 Å². The van der Waals surface area contributed by atoms with Gasteiger partial charge in [0.15, 0.2) is 0 Å². The average Bonchev–Trinajstić information content (AvgIpc) is 2.40. The van der Waals surface area contributed by atoms with Gasteiger partial charge in [-0.15, -0.1) is 0 Å². The summed E-state index contributed by atoms with van der Waals surface area (Å²) >= 11 is 0. The molecule has 0 atom stereocenters. The van der Waals surface area contributed by atoms with Gasteiger partial charge in [0.25, 0.3) is 0 Å². The zero-order chi connectivity index (χ0) is 11.5.